The minimum Gasteiger partial charge on any atom is -0.324 e. The van der Waals surface area contributed by atoms with Crippen LogP contribution in [0, 0.1) is 0 Å². The average Bonchev–Trinajstić information content (AvgIpc) is 2.32. The highest BCUT2D eigenvalue weighted by Crippen LogP contribution is 2.25. The molecule has 5 heteroatoms. The quantitative estimate of drug-likeness (QED) is 0.930. The fourth-order valence-electron chi connectivity index (χ4n) is 1.60. The van der Waals surface area contributed by atoms with Gasteiger partial charge in [-0.05, 0) is 29.7 Å². The molecule has 0 fully saturated rings. The molecule has 17 heavy (non-hydrogen) atoms. The zero-order chi connectivity index (χ0) is 12.3. The zero-order valence-electron chi connectivity index (χ0n) is 8.98. The van der Waals surface area contributed by atoms with Crippen molar-refractivity contribution in [3.8, 4) is 0 Å². The molecule has 2 heterocycles. The van der Waals surface area contributed by atoms with Crippen molar-refractivity contribution in [3.63, 3.8) is 0 Å². The molecule has 0 bridgehead atoms. The summed E-state index contributed by atoms with van der Waals surface area (Å²) >= 11 is 12.1. The number of aromatic nitrogens is 2. The van der Waals surface area contributed by atoms with E-state index in [-0.39, 0.29) is 6.04 Å². The largest absolute Gasteiger partial charge is 0.324 e. The molecule has 2 rings (SSSR count). The van der Waals surface area contributed by atoms with Crippen LogP contribution in [0.1, 0.15) is 17.2 Å². The third kappa shape index (κ3) is 2.94. The van der Waals surface area contributed by atoms with E-state index in [4.69, 9.17) is 28.9 Å². The van der Waals surface area contributed by atoms with E-state index < -0.39 is 0 Å². The van der Waals surface area contributed by atoms with Crippen LogP contribution in [0.4, 0.5) is 0 Å². The van der Waals surface area contributed by atoms with E-state index >= 15 is 0 Å². The highest BCUT2D eigenvalue weighted by Gasteiger charge is 2.12. The summed E-state index contributed by atoms with van der Waals surface area (Å²) in [6, 6.07) is 3.48. The number of pyridine rings is 2. The Morgan fingerprint density at radius 3 is 2.35 bits per heavy atom. The van der Waals surface area contributed by atoms with Crippen molar-refractivity contribution in [1.82, 2.24) is 9.97 Å². The Morgan fingerprint density at radius 2 is 1.71 bits per heavy atom. The average molecular weight is 268 g/mol. The molecule has 0 aliphatic rings. The van der Waals surface area contributed by atoms with Crippen LogP contribution in [0.25, 0.3) is 0 Å². The number of rotatable bonds is 3. The van der Waals surface area contributed by atoms with Gasteiger partial charge in [0.2, 0.25) is 0 Å². The summed E-state index contributed by atoms with van der Waals surface area (Å²) in [6.07, 6.45) is 7.19. The molecule has 0 saturated heterocycles. The minimum absolute atomic E-state index is 0.203. The Balaban J connectivity index is 2.20. The van der Waals surface area contributed by atoms with Crippen LogP contribution in [0.2, 0.25) is 10.0 Å². The van der Waals surface area contributed by atoms with Gasteiger partial charge in [0.05, 0.1) is 10.0 Å². The van der Waals surface area contributed by atoms with Crippen molar-refractivity contribution in [1.29, 1.82) is 0 Å². The number of hydrogen-bond donors (Lipinski definition) is 1. The molecular formula is C12H11Cl2N3. The lowest BCUT2D eigenvalue weighted by Crippen LogP contribution is -2.14. The summed E-state index contributed by atoms with van der Waals surface area (Å²) in [6.45, 7) is 0. The highest BCUT2D eigenvalue weighted by atomic mass is 35.5. The first kappa shape index (κ1) is 12.3. The molecule has 0 radical (unpaired) electrons. The van der Waals surface area contributed by atoms with Gasteiger partial charge in [0, 0.05) is 30.8 Å². The molecule has 1 unspecified atom stereocenters. The fraction of sp³-hybridized carbons (Fsp3) is 0.167. The van der Waals surface area contributed by atoms with Crippen LogP contribution in [-0.4, -0.2) is 9.97 Å². The standard InChI is InChI=1S/C12H11Cl2N3/c13-10-6-16-3-1-8(10)5-12(15)9-2-4-17-7-11(9)14/h1-4,6-7,12H,5,15H2. The van der Waals surface area contributed by atoms with Crippen molar-refractivity contribution in [2.24, 2.45) is 5.73 Å². The summed E-state index contributed by atoms with van der Waals surface area (Å²) in [4.78, 5) is 7.86. The first-order valence-electron chi connectivity index (χ1n) is 5.12. The van der Waals surface area contributed by atoms with Gasteiger partial charge in [0.1, 0.15) is 0 Å². The predicted octanol–water partition coefficient (Wildman–Crippen LogP) is 3.03. The molecule has 2 aromatic rings. The molecule has 88 valence electrons. The van der Waals surface area contributed by atoms with E-state index in [9.17, 15) is 0 Å². The third-order valence-electron chi connectivity index (χ3n) is 2.50. The molecule has 0 spiro atoms. The van der Waals surface area contributed by atoms with E-state index in [1.807, 2.05) is 12.1 Å². The zero-order valence-corrected chi connectivity index (χ0v) is 10.5. The second-order valence-electron chi connectivity index (χ2n) is 3.67. The molecule has 0 aliphatic carbocycles. The maximum Gasteiger partial charge on any atom is 0.0637 e. The molecular weight excluding hydrogens is 257 g/mol. The highest BCUT2D eigenvalue weighted by molar-refractivity contribution is 6.31. The van der Waals surface area contributed by atoms with Crippen LogP contribution < -0.4 is 5.73 Å². The van der Waals surface area contributed by atoms with Crippen LogP contribution in [0.3, 0.4) is 0 Å². The molecule has 0 saturated carbocycles. The van der Waals surface area contributed by atoms with Gasteiger partial charge < -0.3 is 5.73 Å². The van der Waals surface area contributed by atoms with Gasteiger partial charge in [0.25, 0.3) is 0 Å². The van der Waals surface area contributed by atoms with Crippen LogP contribution in [-0.2, 0) is 6.42 Å². The Kier molecular flexibility index (Phi) is 3.94. The van der Waals surface area contributed by atoms with Crippen molar-refractivity contribution >= 4 is 23.2 Å². The maximum atomic E-state index is 6.11. The van der Waals surface area contributed by atoms with Gasteiger partial charge in [-0.2, -0.15) is 0 Å². The van der Waals surface area contributed by atoms with Crippen LogP contribution in [0.15, 0.2) is 36.9 Å². The maximum absolute atomic E-state index is 6.11. The number of halogens is 2. The van der Waals surface area contributed by atoms with Gasteiger partial charge in [-0.3, -0.25) is 9.97 Å². The second-order valence-corrected chi connectivity index (χ2v) is 4.49. The summed E-state index contributed by atoms with van der Waals surface area (Å²) in [5.74, 6) is 0. The van der Waals surface area contributed by atoms with Crippen LogP contribution in [0.5, 0.6) is 0 Å². The molecule has 2 N–H and O–H groups in total. The van der Waals surface area contributed by atoms with Gasteiger partial charge in [-0.25, -0.2) is 0 Å². The topological polar surface area (TPSA) is 51.8 Å². The van der Waals surface area contributed by atoms with Gasteiger partial charge in [-0.15, -0.1) is 0 Å². The molecule has 3 nitrogen and oxygen atoms in total. The predicted molar refractivity (Wildman–Crippen MR) is 69.1 cm³/mol. The molecule has 0 aromatic carbocycles. The summed E-state index contributed by atoms with van der Waals surface area (Å²) < 4.78 is 0. The van der Waals surface area contributed by atoms with E-state index in [1.165, 1.54) is 0 Å². The van der Waals surface area contributed by atoms with Crippen molar-refractivity contribution in [2.75, 3.05) is 0 Å². The Labute approximate surface area is 110 Å². The van der Waals surface area contributed by atoms with E-state index in [2.05, 4.69) is 9.97 Å². The molecule has 2 aromatic heterocycles. The van der Waals surface area contributed by atoms with Crippen molar-refractivity contribution in [3.05, 3.63) is 58.1 Å². The van der Waals surface area contributed by atoms with Gasteiger partial charge >= 0.3 is 0 Å². The second kappa shape index (κ2) is 5.45. The van der Waals surface area contributed by atoms with E-state index in [1.54, 1.807) is 24.8 Å². The summed E-state index contributed by atoms with van der Waals surface area (Å²) in [7, 11) is 0. The molecule has 1 atom stereocenters. The smallest absolute Gasteiger partial charge is 0.0637 e. The Bertz CT molecular complexity index is 517. The Hall–Kier alpha value is -1.16. The summed E-state index contributed by atoms with van der Waals surface area (Å²) in [5.41, 5.74) is 7.94. The van der Waals surface area contributed by atoms with Crippen molar-refractivity contribution < 1.29 is 0 Å². The van der Waals surface area contributed by atoms with E-state index in [0.29, 0.717) is 16.5 Å². The van der Waals surface area contributed by atoms with E-state index in [0.717, 1.165) is 11.1 Å². The minimum atomic E-state index is -0.203. The monoisotopic (exact) mass is 267 g/mol. The summed E-state index contributed by atoms with van der Waals surface area (Å²) in [5, 5.41) is 1.19. The molecule has 0 aliphatic heterocycles. The normalized spacial score (nSPS) is 12.4. The van der Waals surface area contributed by atoms with Crippen molar-refractivity contribution in [2.45, 2.75) is 12.5 Å². The SMILES string of the molecule is NC(Cc1ccncc1Cl)c1ccncc1Cl. The lowest BCUT2D eigenvalue weighted by Gasteiger charge is -2.14. The van der Waals surface area contributed by atoms with Gasteiger partial charge in [0.15, 0.2) is 0 Å². The number of hydrogen-bond acceptors (Lipinski definition) is 3. The lowest BCUT2D eigenvalue weighted by molar-refractivity contribution is 0.720. The first-order chi connectivity index (χ1) is 8.18. The molecule has 0 amide bonds. The Morgan fingerprint density at radius 1 is 1.06 bits per heavy atom. The first-order valence-corrected chi connectivity index (χ1v) is 5.87. The van der Waals surface area contributed by atoms with Crippen LogP contribution >= 0.6 is 23.2 Å². The lowest BCUT2D eigenvalue weighted by atomic mass is 10.0. The third-order valence-corrected chi connectivity index (χ3v) is 3.16. The van der Waals surface area contributed by atoms with Gasteiger partial charge in [-0.1, -0.05) is 23.2 Å². The number of nitrogens with zero attached hydrogens (tertiary/aromatic N) is 2. The fourth-order valence-corrected chi connectivity index (χ4v) is 2.06. The number of nitrogens with two attached hydrogens (primary N) is 1.